The minimum absolute atomic E-state index is 0.322. The average molecular weight is 125 g/mol. The number of anilines is 1. The molecule has 0 bridgehead atoms. The Kier molecular flexibility index (Phi) is 1.14. The molecule has 1 rings (SSSR count). The Balaban J connectivity index is 3.08. The molecular weight excluding hydrogens is 118 g/mol. The maximum Gasteiger partial charge on any atom is 0.252 e. The highest BCUT2D eigenvalue weighted by molar-refractivity contribution is 5.97. The zero-order valence-electron chi connectivity index (χ0n) is 4.72. The van der Waals surface area contributed by atoms with E-state index in [-0.39, 0.29) is 0 Å². The Morgan fingerprint density at radius 3 is 2.56 bits per heavy atom. The molecule has 1 aromatic rings. The maximum atomic E-state index is 10.4. The highest BCUT2D eigenvalue weighted by atomic mass is 16.1. The van der Waals surface area contributed by atoms with E-state index in [0.29, 0.717) is 11.4 Å². The molecule has 0 radical (unpaired) electrons. The van der Waals surface area contributed by atoms with Crippen molar-refractivity contribution in [2.75, 3.05) is 5.73 Å². The van der Waals surface area contributed by atoms with Gasteiger partial charge in [-0.15, -0.1) is 0 Å². The molecule has 0 spiro atoms. The number of carbonyl (C=O) groups excluding carboxylic acids is 1. The van der Waals surface area contributed by atoms with Gasteiger partial charge < -0.3 is 16.5 Å². The van der Waals surface area contributed by atoms with Crippen LogP contribution in [0.3, 0.4) is 0 Å². The Bertz CT molecular complexity index is 228. The number of nitrogens with one attached hydrogen (secondary N) is 1. The summed E-state index contributed by atoms with van der Waals surface area (Å²) in [5.41, 5.74) is 10.5. The fourth-order valence-corrected chi connectivity index (χ4v) is 0.597. The number of hydrogen-bond donors (Lipinski definition) is 3. The van der Waals surface area contributed by atoms with Crippen LogP contribution >= 0.6 is 0 Å². The maximum absolute atomic E-state index is 10.4. The third-order valence-electron chi connectivity index (χ3n) is 1.04. The number of aromatic nitrogens is 1. The van der Waals surface area contributed by atoms with Gasteiger partial charge in [0.1, 0.15) is 5.82 Å². The number of amides is 1. The van der Waals surface area contributed by atoms with Crippen molar-refractivity contribution in [3.63, 3.8) is 0 Å². The van der Waals surface area contributed by atoms with E-state index < -0.39 is 5.91 Å². The van der Waals surface area contributed by atoms with Crippen LogP contribution in [0.15, 0.2) is 12.3 Å². The summed E-state index contributed by atoms with van der Waals surface area (Å²) in [5.74, 6) is -0.184. The molecule has 48 valence electrons. The molecule has 0 aromatic carbocycles. The second-order valence-electron chi connectivity index (χ2n) is 1.67. The van der Waals surface area contributed by atoms with Gasteiger partial charge in [0.2, 0.25) is 0 Å². The standard InChI is InChI=1S/C5H7N3O/c6-4-3(5(7)9)1-2-8-4/h1-2,8H,6H2,(H2,7,9). The Hall–Kier alpha value is -1.45. The summed E-state index contributed by atoms with van der Waals surface area (Å²) in [7, 11) is 0. The molecule has 0 atom stereocenters. The van der Waals surface area contributed by atoms with Gasteiger partial charge in [-0.05, 0) is 6.07 Å². The average Bonchev–Trinajstić information content (AvgIpc) is 2.13. The van der Waals surface area contributed by atoms with E-state index in [2.05, 4.69) is 4.98 Å². The molecule has 0 fully saturated rings. The first-order valence-electron chi connectivity index (χ1n) is 2.44. The van der Waals surface area contributed by atoms with Gasteiger partial charge in [-0.25, -0.2) is 0 Å². The molecule has 0 aliphatic heterocycles. The molecule has 0 saturated heterocycles. The molecule has 0 unspecified atom stereocenters. The number of primary amides is 1. The lowest BCUT2D eigenvalue weighted by Crippen LogP contribution is -2.11. The number of aromatic amines is 1. The molecule has 4 nitrogen and oxygen atoms in total. The molecule has 5 N–H and O–H groups in total. The van der Waals surface area contributed by atoms with E-state index >= 15 is 0 Å². The van der Waals surface area contributed by atoms with Crippen molar-refractivity contribution in [3.8, 4) is 0 Å². The fraction of sp³-hybridized carbons (Fsp3) is 0. The van der Waals surface area contributed by atoms with Gasteiger partial charge in [-0.1, -0.05) is 0 Å². The monoisotopic (exact) mass is 125 g/mol. The van der Waals surface area contributed by atoms with Crippen LogP contribution in [0, 0.1) is 0 Å². The summed E-state index contributed by atoms with van der Waals surface area (Å²) >= 11 is 0. The van der Waals surface area contributed by atoms with Gasteiger partial charge >= 0.3 is 0 Å². The number of rotatable bonds is 1. The summed E-state index contributed by atoms with van der Waals surface area (Å²) in [6, 6.07) is 1.54. The van der Waals surface area contributed by atoms with Gasteiger partial charge in [0, 0.05) is 6.20 Å². The zero-order valence-corrected chi connectivity index (χ0v) is 4.72. The Labute approximate surface area is 51.8 Å². The zero-order chi connectivity index (χ0) is 6.85. The summed E-state index contributed by atoms with van der Waals surface area (Å²) in [6.45, 7) is 0. The van der Waals surface area contributed by atoms with Gasteiger partial charge in [-0.3, -0.25) is 4.79 Å². The summed E-state index contributed by atoms with van der Waals surface area (Å²) < 4.78 is 0. The van der Waals surface area contributed by atoms with Crippen LogP contribution in [0.2, 0.25) is 0 Å². The molecule has 4 heteroatoms. The highest BCUT2D eigenvalue weighted by Gasteiger charge is 2.03. The first kappa shape index (κ1) is 5.68. The van der Waals surface area contributed by atoms with Gasteiger partial charge in [0.05, 0.1) is 5.56 Å². The second-order valence-corrected chi connectivity index (χ2v) is 1.67. The predicted octanol–water partition coefficient (Wildman–Crippen LogP) is -0.304. The summed E-state index contributed by atoms with van der Waals surface area (Å²) in [6.07, 6.45) is 1.56. The number of nitrogens with two attached hydrogens (primary N) is 2. The third-order valence-corrected chi connectivity index (χ3v) is 1.04. The van der Waals surface area contributed by atoms with Crippen LogP contribution in [-0.4, -0.2) is 10.9 Å². The lowest BCUT2D eigenvalue weighted by molar-refractivity contribution is 0.100. The van der Waals surface area contributed by atoms with E-state index in [1.807, 2.05) is 0 Å². The quantitative estimate of drug-likeness (QED) is 0.481. The largest absolute Gasteiger partial charge is 0.385 e. The van der Waals surface area contributed by atoms with Crippen molar-refractivity contribution in [3.05, 3.63) is 17.8 Å². The smallest absolute Gasteiger partial charge is 0.252 e. The molecule has 1 aromatic heterocycles. The first-order valence-corrected chi connectivity index (χ1v) is 2.44. The lowest BCUT2D eigenvalue weighted by Gasteiger charge is -1.88. The summed E-state index contributed by atoms with van der Waals surface area (Å²) in [4.78, 5) is 13.0. The van der Waals surface area contributed by atoms with E-state index in [9.17, 15) is 4.79 Å². The van der Waals surface area contributed by atoms with E-state index in [0.717, 1.165) is 0 Å². The Morgan fingerprint density at radius 1 is 1.67 bits per heavy atom. The molecule has 0 saturated carbocycles. The van der Waals surface area contributed by atoms with Crippen LogP contribution in [0.25, 0.3) is 0 Å². The first-order chi connectivity index (χ1) is 4.22. The molecule has 1 amide bonds. The predicted molar refractivity (Wildman–Crippen MR) is 33.7 cm³/mol. The van der Waals surface area contributed by atoms with Crippen molar-refractivity contribution >= 4 is 11.7 Å². The van der Waals surface area contributed by atoms with Crippen molar-refractivity contribution < 1.29 is 4.79 Å². The van der Waals surface area contributed by atoms with Crippen LogP contribution < -0.4 is 11.5 Å². The lowest BCUT2D eigenvalue weighted by atomic mass is 10.3. The van der Waals surface area contributed by atoms with Crippen molar-refractivity contribution in [2.24, 2.45) is 5.73 Å². The van der Waals surface area contributed by atoms with Crippen LogP contribution in [-0.2, 0) is 0 Å². The minimum atomic E-state index is -0.506. The number of H-pyrrole nitrogens is 1. The number of hydrogen-bond acceptors (Lipinski definition) is 2. The van der Waals surface area contributed by atoms with Crippen molar-refractivity contribution in [1.29, 1.82) is 0 Å². The number of nitrogen functional groups attached to an aromatic ring is 1. The fourth-order valence-electron chi connectivity index (χ4n) is 0.597. The van der Waals surface area contributed by atoms with E-state index in [1.54, 1.807) is 6.20 Å². The minimum Gasteiger partial charge on any atom is -0.385 e. The molecule has 1 heterocycles. The highest BCUT2D eigenvalue weighted by Crippen LogP contribution is 2.05. The van der Waals surface area contributed by atoms with Crippen LogP contribution in [0.1, 0.15) is 10.4 Å². The van der Waals surface area contributed by atoms with E-state index in [1.165, 1.54) is 6.07 Å². The van der Waals surface area contributed by atoms with E-state index in [4.69, 9.17) is 11.5 Å². The second kappa shape index (κ2) is 1.81. The third kappa shape index (κ3) is 0.861. The molecule has 0 aliphatic rings. The van der Waals surface area contributed by atoms with Gasteiger partial charge in [0.15, 0.2) is 0 Å². The summed E-state index contributed by atoms with van der Waals surface area (Å²) in [5, 5.41) is 0. The molecule has 0 aliphatic carbocycles. The normalized spacial score (nSPS) is 9.33. The molecule has 9 heavy (non-hydrogen) atoms. The topological polar surface area (TPSA) is 84.9 Å². The molecular formula is C5H7N3O. The van der Waals surface area contributed by atoms with Gasteiger partial charge in [0.25, 0.3) is 5.91 Å². The van der Waals surface area contributed by atoms with Crippen LogP contribution in [0.4, 0.5) is 5.82 Å². The van der Waals surface area contributed by atoms with Gasteiger partial charge in [-0.2, -0.15) is 0 Å². The van der Waals surface area contributed by atoms with Crippen molar-refractivity contribution in [1.82, 2.24) is 4.98 Å². The number of carbonyl (C=O) groups is 1. The SMILES string of the molecule is NC(=O)c1cc[nH]c1N. The van der Waals surface area contributed by atoms with Crippen LogP contribution in [0.5, 0.6) is 0 Å². The Morgan fingerprint density at radius 2 is 2.33 bits per heavy atom. The van der Waals surface area contributed by atoms with Crippen molar-refractivity contribution in [2.45, 2.75) is 0 Å².